The molecule has 0 aliphatic carbocycles. The van der Waals surface area contributed by atoms with E-state index in [0.29, 0.717) is 0 Å². The topological polar surface area (TPSA) is 12.4 Å². The molecule has 117 valence electrons. The number of hydrogen-bond donors (Lipinski definition) is 0. The maximum atomic E-state index is 5.30. The Hall–Kier alpha value is -0.459. The van der Waals surface area contributed by atoms with Gasteiger partial charge in [0.05, 0.1) is 16.1 Å². The SMILES string of the molecule is C[Si](C)(C)/N=C(/[C]([Si](C)(C)C)[Si](C)(C)C)c1ccccc1. The largest absolute Gasteiger partial charge is 0.325 e. The van der Waals surface area contributed by atoms with Gasteiger partial charge in [-0.2, -0.15) is 0 Å². The van der Waals surface area contributed by atoms with Gasteiger partial charge in [-0.3, -0.25) is 0 Å². The van der Waals surface area contributed by atoms with Crippen LogP contribution in [0, 0.1) is 5.16 Å². The third-order valence-corrected chi connectivity index (χ3v) is 12.1. The van der Waals surface area contributed by atoms with E-state index < -0.39 is 24.4 Å². The average molecular weight is 335 g/mol. The first-order chi connectivity index (χ1) is 9.32. The van der Waals surface area contributed by atoms with Crippen LogP contribution in [0.2, 0.25) is 58.9 Å². The van der Waals surface area contributed by atoms with E-state index in [1.165, 1.54) is 11.3 Å². The molecule has 0 bridgehead atoms. The maximum Gasteiger partial charge on any atom is 0.172 e. The first kappa shape index (κ1) is 18.6. The summed E-state index contributed by atoms with van der Waals surface area (Å²) in [5.41, 5.74) is 2.66. The molecule has 0 saturated heterocycles. The van der Waals surface area contributed by atoms with Gasteiger partial charge in [0.25, 0.3) is 0 Å². The molecule has 0 aliphatic rings. The average Bonchev–Trinajstić information content (AvgIpc) is 2.23. The van der Waals surface area contributed by atoms with Gasteiger partial charge in [-0.05, 0) is 25.2 Å². The van der Waals surface area contributed by atoms with Gasteiger partial charge in [0.15, 0.2) is 8.24 Å². The Morgan fingerprint density at radius 1 is 0.714 bits per heavy atom. The smallest absolute Gasteiger partial charge is 0.172 e. The third kappa shape index (κ3) is 5.68. The van der Waals surface area contributed by atoms with E-state index in [0.717, 1.165) is 0 Å². The van der Waals surface area contributed by atoms with Crippen LogP contribution in [-0.4, -0.2) is 30.1 Å². The Bertz CT molecular complexity index is 473. The van der Waals surface area contributed by atoms with Gasteiger partial charge in [0.2, 0.25) is 0 Å². The zero-order chi connectivity index (χ0) is 16.5. The molecule has 1 aromatic carbocycles. The lowest BCUT2D eigenvalue weighted by molar-refractivity contribution is 1.46. The minimum atomic E-state index is -1.51. The Labute approximate surface area is 135 Å². The predicted octanol–water partition coefficient (Wildman–Crippen LogP) is 5.64. The molecule has 0 spiro atoms. The Morgan fingerprint density at radius 3 is 1.48 bits per heavy atom. The molecule has 0 aromatic heterocycles. The quantitative estimate of drug-likeness (QED) is 0.488. The fourth-order valence-corrected chi connectivity index (χ4v) is 15.0. The van der Waals surface area contributed by atoms with E-state index in [-0.39, 0.29) is 0 Å². The van der Waals surface area contributed by atoms with Gasteiger partial charge >= 0.3 is 0 Å². The highest BCUT2D eigenvalue weighted by atomic mass is 28.4. The Morgan fingerprint density at radius 2 is 1.14 bits per heavy atom. The minimum absolute atomic E-state index is 1.32. The molecule has 0 heterocycles. The molecule has 0 unspecified atom stereocenters. The zero-order valence-electron chi connectivity index (χ0n) is 15.3. The molecule has 1 radical (unpaired) electrons. The van der Waals surface area contributed by atoms with E-state index in [9.17, 15) is 0 Å². The van der Waals surface area contributed by atoms with Crippen molar-refractivity contribution in [1.29, 1.82) is 0 Å². The molecule has 0 amide bonds. The normalized spacial score (nSPS) is 14.7. The molecule has 1 rings (SSSR count). The van der Waals surface area contributed by atoms with Crippen LogP contribution in [-0.2, 0) is 0 Å². The monoisotopic (exact) mass is 334 g/mol. The first-order valence-corrected chi connectivity index (χ1v) is 18.3. The van der Waals surface area contributed by atoms with Crippen molar-refractivity contribution in [2.45, 2.75) is 58.9 Å². The van der Waals surface area contributed by atoms with Gasteiger partial charge in [-0.25, -0.2) is 0 Å². The molecule has 0 atom stereocenters. The molecule has 0 fully saturated rings. The van der Waals surface area contributed by atoms with E-state index in [1.807, 2.05) is 0 Å². The van der Waals surface area contributed by atoms with Crippen molar-refractivity contribution in [3.05, 3.63) is 41.1 Å². The van der Waals surface area contributed by atoms with E-state index in [2.05, 4.69) is 89.3 Å². The highest BCUT2D eigenvalue weighted by Gasteiger charge is 2.42. The van der Waals surface area contributed by atoms with Crippen molar-refractivity contribution < 1.29 is 0 Å². The van der Waals surface area contributed by atoms with Crippen LogP contribution in [0.1, 0.15) is 5.56 Å². The van der Waals surface area contributed by atoms with Gasteiger partial charge < -0.3 is 4.66 Å². The molecule has 21 heavy (non-hydrogen) atoms. The Kier molecular flexibility index (Phi) is 5.62. The lowest BCUT2D eigenvalue weighted by atomic mass is 10.1. The molecule has 0 saturated carbocycles. The summed E-state index contributed by atoms with van der Waals surface area (Å²) in [6.07, 6.45) is 0. The van der Waals surface area contributed by atoms with Gasteiger partial charge in [-0.1, -0.05) is 69.6 Å². The van der Waals surface area contributed by atoms with Crippen molar-refractivity contribution in [2.24, 2.45) is 4.66 Å². The van der Waals surface area contributed by atoms with Crippen molar-refractivity contribution in [1.82, 2.24) is 0 Å². The summed E-state index contributed by atoms with van der Waals surface area (Å²) in [5, 5.41) is 1.73. The van der Waals surface area contributed by atoms with Crippen LogP contribution < -0.4 is 0 Å². The van der Waals surface area contributed by atoms with Gasteiger partial charge in [0.1, 0.15) is 0 Å². The van der Waals surface area contributed by atoms with Crippen LogP contribution in [0.3, 0.4) is 0 Å². The number of nitrogens with zero attached hydrogens (tertiary/aromatic N) is 1. The van der Waals surface area contributed by atoms with Gasteiger partial charge in [-0.15, -0.1) is 0 Å². The molecule has 1 aromatic rings. The number of rotatable bonds is 5. The number of hydrogen-bond acceptors (Lipinski definition) is 1. The summed E-state index contributed by atoms with van der Waals surface area (Å²) in [4.78, 5) is 0. The van der Waals surface area contributed by atoms with E-state index >= 15 is 0 Å². The summed E-state index contributed by atoms with van der Waals surface area (Å²) in [7, 11) is -4.31. The van der Waals surface area contributed by atoms with Crippen molar-refractivity contribution in [3.63, 3.8) is 0 Å². The van der Waals surface area contributed by atoms with Crippen LogP contribution in [0.4, 0.5) is 0 Å². The van der Waals surface area contributed by atoms with Crippen LogP contribution in [0.25, 0.3) is 0 Å². The van der Waals surface area contributed by atoms with Crippen LogP contribution in [0.15, 0.2) is 35.0 Å². The fraction of sp³-hybridized carbons (Fsp3) is 0.529. The molecule has 4 heteroatoms. The molecular weight excluding hydrogens is 302 g/mol. The second kappa shape index (κ2) is 6.34. The summed E-state index contributed by atoms with van der Waals surface area (Å²) in [6.45, 7) is 21.9. The molecule has 1 nitrogen and oxygen atoms in total. The van der Waals surface area contributed by atoms with Crippen molar-refractivity contribution in [3.8, 4) is 0 Å². The summed E-state index contributed by atoms with van der Waals surface area (Å²) in [6, 6.07) is 10.8. The highest BCUT2D eigenvalue weighted by molar-refractivity contribution is 7.07. The zero-order valence-corrected chi connectivity index (χ0v) is 18.3. The minimum Gasteiger partial charge on any atom is -0.325 e. The maximum absolute atomic E-state index is 5.30. The summed E-state index contributed by atoms with van der Waals surface area (Å²) in [5.74, 6) is 0. The Balaban J connectivity index is 3.53. The second-order valence-corrected chi connectivity index (χ2v) is 23.9. The first-order valence-electron chi connectivity index (χ1n) is 7.86. The lowest BCUT2D eigenvalue weighted by Gasteiger charge is -2.39. The summed E-state index contributed by atoms with van der Waals surface area (Å²) < 4.78 is 5.30. The second-order valence-electron chi connectivity index (χ2n) is 8.87. The van der Waals surface area contributed by atoms with Crippen LogP contribution >= 0.6 is 0 Å². The third-order valence-electron chi connectivity index (χ3n) is 3.23. The standard InChI is InChI=1S/C17H32NSi3/c1-19(2,3)17(20(4,5)6)16(18-21(7,8)9)15-13-11-10-12-14-15/h10-14H,1-9H3/b18-16+. The molecule has 0 aliphatic heterocycles. The van der Waals surface area contributed by atoms with Crippen LogP contribution in [0.5, 0.6) is 0 Å². The lowest BCUT2D eigenvalue weighted by Crippen LogP contribution is -2.52. The predicted molar refractivity (Wildman–Crippen MR) is 106 cm³/mol. The van der Waals surface area contributed by atoms with Gasteiger partial charge in [0, 0.05) is 10.9 Å². The highest BCUT2D eigenvalue weighted by Crippen LogP contribution is 2.33. The summed E-state index contributed by atoms with van der Waals surface area (Å²) >= 11 is 0. The number of benzene rings is 1. The van der Waals surface area contributed by atoms with E-state index in [1.54, 1.807) is 5.16 Å². The van der Waals surface area contributed by atoms with Crippen molar-refractivity contribution in [2.75, 3.05) is 0 Å². The van der Waals surface area contributed by atoms with Crippen molar-refractivity contribution >= 4 is 30.1 Å². The fourth-order valence-electron chi connectivity index (χ4n) is 3.03. The molecule has 0 N–H and O–H groups in total. The van der Waals surface area contributed by atoms with E-state index in [4.69, 9.17) is 4.66 Å². The molecular formula is C17H32NSi3.